The van der Waals surface area contributed by atoms with Crippen molar-refractivity contribution in [3.63, 3.8) is 0 Å². The fourth-order valence-corrected chi connectivity index (χ4v) is 6.27. The molecule has 186 valence electrons. The molecule has 0 spiro atoms. The fraction of sp³-hybridized carbons (Fsp3) is 0.364. The zero-order valence-electron chi connectivity index (χ0n) is 21.8. The van der Waals surface area contributed by atoms with Gasteiger partial charge >= 0.3 is 5.97 Å². The van der Waals surface area contributed by atoms with Gasteiger partial charge in [-0.2, -0.15) is 0 Å². The highest BCUT2D eigenvalue weighted by Crippen LogP contribution is 2.42. The van der Waals surface area contributed by atoms with Gasteiger partial charge in [0, 0.05) is 10.9 Å². The lowest BCUT2D eigenvalue weighted by atomic mass is 9.70. The van der Waals surface area contributed by atoms with Gasteiger partial charge in [0.2, 0.25) is 0 Å². The normalized spacial score (nSPS) is 20.1. The fourth-order valence-electron chi connectivity index (χ4n) is 6.27. The Morgan fingerprint density at radius 1 is 0.917 bits per heavy atom. The summed E-state index contributed by atoms with van der Waals surface area (Å²) in [6.45, 7) is 7.40. The maximum atomic E-state index is 13.6. The number of carbonyl (C=O) groups excluding carboxylic acids is 1. The molecule has 0 aliphatic heterocycles. The van der Waals surface area contributed by atoms with E-state index in [0.29, 0.717) is 35.8 Å². The topological polar surface area (TPSA) is 35.5 Å². The third-order valence-corrected chi connectivity index (χ3v) is 8.09. The molecule has 0 radical (unpaired) electrons. The van der Waals surface area contributed by atoms with Gasteiger partial charge in [0.1, 0.15) is 5.75 Å². The zero-order chi connectivity index (χ0) is 25.2. The molecule has 0 bridgehead atoms. The molecule has 4 aromatic carbocycles. The largest absolute Gasteiger partial charge is 0.496 e. The van der Waals surface area contributed by atoms with Crippen molar-refractivity contribution in [1.82, 2.24) is 0 Å². The molecule has 0 amide bonds. The second kappa shape index (κ2) is 10.3. The Morgan fingerprint density at radius 3 is 2.44 bits per heavy atom. The zero-order valence-corrected chi connectivity index (χ0v) is 21.8. The monoisotopic (exact) mass is 480 g/mol. The number of rotatable bonds is 6. The van der Waals surface area contributed by atoms with Crippen LogP contribution in [0, 0.1) is 23.7 Å². The molecular formula is C33H36O3. The summed E-state index contributed by atoms with van der Waals surface area (Å²) >= 11 is 0. The predicted molar refractivity (Wildman–Crippen MR) is 149 cm³/mol. The number of hydrogen-bond donors (Lipinski definition) is 0. The van der Waals surface area contributed by atoms with E-state index in [1.165, 1.54) is 12.8 Å². The van der Waals surface area contributed by atoms with Crippen molar-refractivity contribution in [1.29, 1.82) is 0 Å². The summed E-state index contributed by atoms with van der Waals surface area (Å²) in [4.78, 5) is 13.6. The summed E-state index contributed by atoms with van der Waals surface area (Å²) in [5.41, 5.74) is 2.60. The number of esters is 1. The lowest BCUT2D eigenvalue weighted by molar-refractivity contribution is 0.0245. The van der Waals surface area contributed by atoms with E-state index in [9.17, 15) is 4.79 Å². The molecule has 1 aliphatic rings. The first-order chi connectivity index (χ1) is 17.5. The molecule has 0 aromatic heterocycles. The van der Waals surface area contributed by atoms with Gasteiger partial charge in [-0.15, -0.1) is 0 Å². The Labute approximate surface area is 214 Å². The minimum atomic E-state index is -0.243. The smallest absolute Gasteiger partial charge is 0.338 e. The number of carbonyl (C=O) groups is 1. The molecule has 1 fully saturated rings. The van der Waals surface area contributed by atoms with Crippen molar-refractivity contribution in [2.75, 3.05) is 13.7 Å². The molecule has 0 heterocycles. The SMILES string of the molecule is COc1ccc2ccccc2c1-c1cccc2cccc(C(=O)OC[C@@H]3C[C@H](C)CC[C@H]3C(C)C)c12. The minimum absolute atomic E-state index is 0.243. The van der Waals surface area contributed by atoms with Crippen molar-refractivity contribution >= 4 is 27.5 Å². The summed E-state index contributed by atoms with van der Waals surface area (Å²) in [7, 11) is 1.70. The highest BCUT2D eigenvalue weighted by Gasteiger charge is 2.32. The van der Waals surface area contributed by atoms with Gasteiger partial charge < -0.3 is 9.47 Å². The van der Waals surface area contributed by atoms with Crippen molar-refractivity contribution < 1.29 is 14.3 Å². The minimum Gasteiger partial charge on any atom is -0.496 e. The molecule has 5 rings (SSSR count). The average Bonchev–Trinajstić information content (AvgIpc) is 2.90. The van der Waals surface area contributed by atoms with Crippen LogP contribution in [0.5, 0.6) is 5.75 Å². The van der Waals surface area contributed by atoms with Crippen LogP contribution in [-0.2, 0) is 4.74 Å². The van der Waals surface area contributed by atoms with Crippen molar-refractivity contribution in [3.05, 3.63) is 78.4 Å². The number of benzene rings is 4. The Morgan fingerprint density at radius 2 is 1.67 bits per heavy atom. The number of hydrogen-bond acceptors (Lipinski definition) is 3. The molecule has 36 heavy (non-hydrogen) atoms. The third kappa shape index (κ3) is 4.59. The van der Waals surface area contributed by atoms with Gasteiger partial charge in [-0.1, -0.05) is 87.9 Å². The molecule has 0 saturated heterocycles. The Kier molecular flexibility index (Phi) is 7.00. The van der Waals surface area contributed by atoms with Crippen molar-refractivity contribution in [2.45, 2.75) is 40.0 Å². The van der Waals surface area contributed by atoms with Crippen LogP contribution < -0.4 is 4.74 Å². The lowest BCUT2D eigenvalue weighted by Crippen LogP contribution is -2.31. The molecule has 3 nitrogen and oxygen atoms in total. The molecule has 0 N–H and O–H groups in total. The summed E-state index contributed by atoms with van der Waals surface area (Å²) in [6, 6.07) is 24.5. The molecule has 3 atom stereocenters. The van der Waals surface area contributed by atoms with Crippen LogP contribution in [0.3, 0.4) is 0 Å². The maximum absolute atomic E-state index is 13.6. The van der Waals surface area contributed by atoms with Crippen LogP contribution in [0.4, 0.5) is 0 Å². The van der Waals surface area contributed by atoms with E-state index in [1.54, 1.807) is 7.11 Å². The lowest BCUT2D eigenvalue weighted by Gasteiger charge is -2.37. The highest BCUT2D eigenvalue weighted by atomic mass is 16.5. The Bertz CT molecular complexity index is 1380. The van der Waals surface area contributed by atoms with E-state index in [2.05, 4.69) is 57.2 Å². The van der Waals surface area contributed by atoms with E-state index >= 15 is 0 Å². The Balaban J connectivity index is 1.56. The number of fused-ring (bicyclic) bond motifs is 2. The van der Waals surface area contributed by atoms with Crippen LogP contribution in [-0.4, -0.2) is 19.7 Å². The number of methoxy groups -OCH3 is 1. The average molecular weight is 481 g/mol. The summed E-state index contributed by atoms with van der Waals surface area (Å²) < 4.78 is 11.9. The predicted octanol–water partition coefficient (Wildman–Crippen LogP) is 8.53. The van der Waals surface area contributed by atoms with E-state index in [-0.39, 0.29) is 5.97 Å². The van der Waals surface area contributed by atoms with Gasteiger partial charge in [0.25, 0.3) is 0 Å². The number of ether oxygens (including phenoxy) is 2. The van der Waals surface area contributed by atoms with Crippen LogP contribution in [0.25, 0.3) is 32.7 Å². The van der Waals surface area contributed by atoms with Crippen molar-refractivity contribution in [2.24, 2.45) is 23.7 Å². The van der Waals surface area contributed by atoms with Crippen LogP contribution in [0.15, 0.2) is 72.8 Å². The summed E-state index contributed by atoms with van der Waals surface area (Å²) in [5, 5.41) is 4.17. The first-order valence-electron chi connectivity index (χ1n) is 13.2. The first-order valence-corrected chi connectivity index (χ1v) is 13.2. The van der Waals surface area contributed by atoms with E-state index in [1.807, 2.05) is 36.4 Å². The van der Waals surface area contributed by atoms with Gasteiger partial charge in [-0.3, -0.25) is 0 Å². The van der Waals surface area contributed by atoms with E-state index < -0.39 is 0 Å². The molecule has 0 unspecified atom stereocenters. The summed E-state index contributed by atoms with van der Waals surface area (Å²) in [6.07, 6.45) is 3.62. The molecule has 1 aliphatic carbocycles. The second-order valence-corrected chi connectivity index (χ2v) is 10.8. The van der Waals surface area contributed by atoms with E-state index in [4.69, 9.17) is 9.47 Å². The summed E-state index contributed by atoms with van der Waals surface area (Å²) in [5.74, 6) is 2.87. The standard InChI is InChI=1S/C33H36O3/c1-21(2)26-17-15-22(3)19-25(26)20-36-33(34)29-14-8-11-24-10-7-13-28(31(24)29)32-27-12-6-5-9-23(27)16-18-30(32)35-4/h5-14,16,18,21-22,25-26H,15,17,19-20H2,1-4H3/t22-,25+,26+/m1/s1. The molecule has 3 heteroatoms. The van der Waals surface area contributed by atoms with Crippen LogP contribution in [0.2, 0.25) is 0 Å². The second-order valence-electron chi connectivity index (χ2n) is 10.8. The maximum Gasteiger partial charge on any atom is 0.338 e. The van der Waals surface area contributed by atoms with Gasteiger partial charge in [0.05, 0.1) is 19.3 Å². The van der Waals surface area contributed by atoms with E-state index in [0.717, 1.165) is 44.8 Å². The van der Waals surface area contributed by atoms with Gasteiger partial charge in [-0.25, -0.2) is 4.79 Å². The molecular weight excluding hydrogens is 444 g/mol. The molecule has 4 aromatic rings. The molecule has 1 saturated carbocycles. The van der Waals surface area contributed by atoms with Crippen LogP contribution in [0.1, 0.15) is 50.4 Å². The van der Waals surface area contributed by atoms with Gasteiger partial charge in [0.15, 0.2) is 0 Å². The Hall–Kier alpha value is -3.33. The first kappa shape index (κ1) is 24.4. The highest BCUT2D eigenvalue weighted by molar-refractivity contribution is 6.14. The van der Waals surface area contributed by atoms with Crippen molar-refractivity contribution in [3.8, 4) is 16.9 Å². The van der Waals surface area contributed by atoms with Gasteiger partial charge in [-0.05, 0) is 70.4 Å². The third-order valence-electron chi connectivity index (χ3n) is 8.09. The quantitative estimate of drug-likeness (QED) is 0.259. The van der Waals surface area contributed by atoms with Crippen LogP contribution >= 0.6 is 0 Å².